The maximum Gasteiger partial charge on any atom is 0.323 e. The van der Waals surface area contributed by atoms with Crippen LogP contribution in [0.3, 0.4) is 0 Å². The maximum absolute atomic E-state index is 11.3. The fourth-order valence-electron chi connectivity index (χ4n) is 1.86. The molecule has 0 saturated carbocycles. The van der Waals surface area contributed by atoms with E-state index < -0.39 is 11.5 Å². The van der Waals surface area contributed by atoms with Crippen molar-refractivity contribution in [1.29, 1.82) is 0 Å². The van der Waals surface area contributed by atoms with Gasteiger partial charge >= 0.3 is 5.97 Å². The van der Waals surface area contributed by atoms with E-state index in [1.54, 1.807) is 6.92 Å². The highest BCUT2D eigenvalue weighted by Crippen LogP contribution is 2.19. The van der Waals surface area contributed by atoms with Crippen LogP contribution in [0, 0.1) is 6.92 Å². The molecule has 2 N–H and O–H groups in total. The van der Waals surface area contributed by atoms with Crippen LogP contribution in [0.15, 0.2) is 18.2 Å². The average Bonchev–Trinajstić information content (AvgIpc) is 2.28. The number of carboxylic acids is 1. The molecule has 0 spiro atoms. The van der Waals surface area contributed by atoms with Gasteiger partial charge in [0.2, 0.25) is 0 Å². The van der Waals surface area contributed by atoms with E-state index in [9.17, 15) is 9.90 Å². The lowest BCUT2D eigenvalue weighted by Gasteiger charge is -2.26. The Hall–Kier alpha value is -1.06. The zero-order valence-electron chi connectivity index (χ0n) is 11.1. The van der Waals surface area contributed by atoms with Crippen LogP contribution >= 0.6 is 11.6 Å². The summed E-state index contributed by atoms with van der Waals surface area (Å²) in [4.78, 5) is 11.3. The van der Waals surface area contributed by atoms with Crippen LogP contribution in [0.4, 0.5) is 0 Å². The van der Waals surface area contributed by atoms with Gasteiger partial charge in [0, 0.05) is 11.6 Å². The molecule has 1 atom stereocenters. The first-order chi connectivity index (χ1) is 8.39. The van der Waals surface area contributed by atoms with E-state index in [-0.39, 0.29) is 0 Å². The molecule has 3 nitrogen and oxygen atoms in total. The highest BCUT2D eigenvalue weighted by molar-refractivity contribution is 6.31. The maximum atomic E-state index is 11.3. The van der Waals surface area contributed by atoms with E-state index in [0.29, 0.717) is 18.0 Å². The van der Waals surface area contributed by atoms with Crippen LogP contribution in [0.25, 0.3) is 0 Å². The van der Waals surface area contributed by atoms with Gasteiger partial charge in [-0.2, -0.15) is 0 Å². The summed E-state index contributed by atoms with van der Waals surface area (Å²) in [5.74, 6) is -0.826. The first-order valence-electron chi connectivity index (χ1n) is 6.12. The SMILES string of the molecule is CCCC(C)(NCc1ccc(C)cc1Cl)C(=O)O. The third-order valence-electron chi connectivity index (χ3n) is 3.10. The minimum Gasteiger partial charge on any atom is -0.480 e. The summed E-state index contributed by atoms with van der Waals surface area (Å²) in [5.41, 5.74) is 1.12. The largest absolute Gasteiger partial charge is 0.480 e. The van der Waals surface area contributed by atoms with Gasteiger partial charge in [0.05, 0.1) is 0 Å². The van der Waals surface area contributed by atoms with Crippen LogP contribution in [-0.4, -0.2) is 16.6 Å². The van der Waals surface area contributed by atoms with Crippen LogP contribution in [-0.2, 0) is 11.3 Å². The summed E-state index contributed by atoms with van der Waals surface area (Å²) in [6.45, 7) is 6.12. The molecule has 1 unspecified atom stereocenters. The Morgan fingerprint density at radius 2 is 2.17 bits per heavy atom. The van der Waals surface area contributed by atoms with Crippen molar-refractivity contribution in [2.45, 2.75) is 45.7 Å². The number of carboxylic acid groups (broad SMARTS) is 1. The van der Waals surface area contributed by atoms with Crippen molar-refractivity contribution < 1.29 is 9.90 Å². The molecule has 1 aromatic rings. The molecule has 100 valence electrons. The Morgan fingerprint density at radius 1 is 1.50 bits per heavy atom. The van der Waals surface area contributed by atoms with Gasteiger partial charge < -0.3 is 5.11 Å². The number of nitrogens with one attached hydrogen (secondary N) is 1. The molecule has 0 bridgehead atoms. The molecule has 18 heavy (non-hydrogen) atoms. The molecule has 1 rings (SSSR count). The van der Waals surface area contributed by atoms with Gasteiger partial charge in [-0.05, 0) is 37.5 Å². The minimum absolute atomic E-state index is 0.460. The predicted octanol–water partition coefficient (Wildman–Crippen LogP) is 3.38. The number of hydrogen-bond acceptors (Lipinski definition) is 2. The van der Waals surface area contributed by atoms with Crippen molar-refractivity contribution in [3.05, 3.63) is 34.3 Å². The molecule has 0 aliphatic rings. The van der Waals surface area contributed by atoms with E-state index >= 15 is 0 Å². The highest BCUT2D eigenvalue weighted by Gasteiger charge is 2.31. The lowest BCUT2D eigenvalue weighted by atomic mass is 9.96. The second kappa shape index (κ2) is 6.21. The second-order valence-electron chi connectivity index (χ2n) is 4.84. The standard InChI is InChI=1S/C14H20ClNO2/c1-4-7-14(3,13(17)18)16-9-11-6-5-10(2)8-12(11)15/h5-6,8,16H,4,7,9H2,1-3H3,(H,17,18). The number of carbonyl (C=O) groups is 1. The molecule has 0 aliphatic carbocycles. The summed E-state index contributed by atoms with van der Waals surface area (Å²) in [6, 6.07) is 5.79. The van der Waals surface area contributed by atoms with Gasteiger partial charge in [0.1, 0.15) is 5.54 Å². The summed E-state index contributed by atoms with van der Waals surface area (Å²) in [7, 11) is 0. The van der Waals surface area contributed by atoms with Crippen molar-refractivity contribution in [3.63, 3.8) is 0 Å². The molecule has 0 heterocycles. The summed E-state index contributed by atoms with van der Waals surface area (Å²) < 4.78 is 0. The normalized spacial score (nSPS) is 14.2. The van der Waals surface area contributed by atoms with Gasteiger partial charge in [0.15, 0.2) is 0 Å². The molecule has 0 fully saturated rings. The number of benzene rings is 1. The van der Waals surface area contributed by atoms with Gasteiger partial charge in [-0.15, -0.1) is 0 Å². The van der Waals surface area contributed by atoms with Crippen LogP contribution < -0.4 is 5.32 Å². The number of halogens is 1. The highest BCUT2D eigenvalue weighted by atomic mass is 35.5. The third-order valence-corrected chi connectivity index (χ3v) is 3.45. The molecule has 1 aromatic carbocycles. The van der Waals surface area contributed by atoms with Gasteiger partial charge in [0.25, 0.3) is 0 Å². The van der Waals surface area contributed by atoms with Gasteiger partial charge in [-0.25, -0.2) is 0 Å². The summed E-state index contributed by atoms with van der Waals surface area (Å²) in [5, 5.41) is 13.0. The number of aliphatic carboxylic acids is 1. The first kappa shape index (κ1) is 15.0. The topological polar surface area (TPSA) is 49.3 Å². The van der Waals surface area contributed by atoms with Crippen molar-refractivity contribution >= 4 is 17.6 Å². The Labute approximate surface area is 113 Å². The zero-order valence-corrected chi connectivity index (χ0v) is 11.8. The number of aryl methyl sites for hydroxylation is 1. The molecular formula is C14H20ClNO2. The molecule has 4 heteroatoms. The van der Waals surface area contributed by atoms with Crippen molar-refractivity contribution in [2.24, 2.45) is 0 Å². The molecule has 0 saturated heterocycles. The van der Waals surface area contributed by atoms with Crippen LogP contribution in [0.2, 0.25) is 5.02 Å². The van der Waals surface area contributed by atoms with Gasteiger partial charge in [-0.1, -0.05) is 37.1 Å². The Kier molecular flexibility index (Phi) is 5.17. The average molecular weight is 270 g/mol. The molecule has 0 amide bonds. The van der Waals surface area contributed by atoms with Crippen LogP contribution in [0.5, 0.6) is 0 Å². The smallest absolute Gasteiger partial charge is 0.323 e. The van der Waals surface area contributed by atoms with E-state index in [1.165, 1.54) is 0 Å². The van der Waals surface area contributed by atoms with E-state index in [0.717, 1.165) is 17.5 Å². The van der Waals surface area contributed by atoms with E-state index in [2.05, 4.69) is 5.32 Å². The Morgan fingerprint density at radius 3 is 2.67 bits per heavy atom. The predicted molar refractivity (Wildman–Crippen MR) is 74.0 cm³/mol. The quantitative estimate of drug-likeness (QED) is 0.832. The lowest BCUT2D eigenvalue weighted by Crippen LogP contribution is -2.48. The molecule has 0 radical (unpaired) electrons. The van der Waals surface area contributed by atoms with E-state index in [4.69, 9.17) is 11.6 Å². The van der Waals surface area contributed by atoms with Crippen molar-refractivity contribution in [1.82, 2.24) is 5.32 Å². The van der Waals surface area contributed by atoms with Crippen LogP contribution in [0.1, 0.15) is 37.8 Å². The monoisotopic (exact) mass is 269 g/mol. The zero-order chi connectivity index (χ0) is 13.8. The molecule has 0 aromatic heterocycles. The second-order valence-corrected chi connectivity index (χ2v) is 5.24. The summed E-state index contributed by atoms with van der Waals surface area (Å²) in [6.07, 6.45) is 1.41. The first-order valence-corrected chi connectivity index (χ1v) is 6.50. The fraction of sp³-hybridized carbons (Fsp3) is 0.500. The number of rotatable bonds is 6. The molecular weight excluding hydrogens is 250 g/mol. The number of hydrogen-bond donors (Lipinski definition) is 2. The summed E-state index contributed by atoms with van der Waals surface area (Å²) >= 11 is 6.13. The minimum atomic E-state index is -0.900. The Bertz CT molecular complexity index is 434. The Balaban J connectivity index is 2.76. The van der Waals surface area contributed by atoms with Crippen molar-refractivity contribution in [2.75, 3.05) is 0 Å². The van der Waals surface area contributed by atoms with Crippen molar-refractivity contribution in [3.8, 4) is 0 Å². The van der Waals surface area contributed by atoms with E-state index in [1.807, 2.05) is 32.0 Å². The molecule has 0 aliphatic heterocycles. The lowest BCUT2D eigenvalue weighted by molar-refractivity contribution is -0.144. The fourth-order valence-corrected chi connectivity index (χ4v) is 2.16. The van der Waals surface area contributed by atoms with Gasteiger partial charge in [-0.3, -0.25) is 10.1 Å². The third kappa shape index (κ3) is 3.72.